The summed E-state index contributed by atoms with van der Waals surface area (Å²) >= 11 is 0. The highest BCUT2D eigenvalue weighted by Gasteiger charge is 2.24. The van der Waals surface area contributed by atoms with Gasteiger partial charge in [-0.1, -0.05) is 19.1 Å². The van der Waals surface area contributed by atoms with E-state index in [2.05, 4.69) is 45.6 Å². The largest absolute Gasteiger partial charge is 0.444 e. The van der Waals surface area contributed by atoms with E-state index >= 15 is 0 Å². The van der Waals surface area contributed by atoms with Crippen LogP contribution in [-0.4, -0.2) is 32.5 Å². The molecule has 3 heterocycles. The highest BCUT2D eigenvalue weighted by molar-refractivity contribution is 5.76. The summed E-state index contributed by atoms with van der Waals surface area (Å²) in [5.41, 5.74) is 3.40. The number of oxazole rings is 1. The molecule has 1 aliphatic heterocycles. The average Bonchev–Trinajstić information content (AvgIpc) is 3.15. The number of nitrogens with zero attached hydrogens (tertiary/aromatic N) is 4. The molecule has 0 saturated carbocycles. The SMILES string of the molecule is CCc1nc2ccccc2n1C1CCN(Cc2nc(C)c(C)o2)CC1. The van der Waals surface area contributed by atoms with Gasteiger partial charge in [0, 0.05) is 25.6 Å². The second-order valence-electron chi connectivity index (χ2n) is 7.00. The molecule has 0 radical (unpaired) electrons. The predicted octanol–water partition coefficient (Wildman–Crippen LogP) is 4.04. The zero-order valence-corrected chi connectivity index (χ0v) is 15.3. The minimum absolute atomic E-state index is 0.534. The van der Waals surface area contributed by atoms with Gasteiger partial charge in [0.05, 0.1) is 23.3 Å². The van der Waals surface area contributed by atoms with E-state index in [1.807, 2.05) is 13.8 Å². The number of aryl methyl sites for hydroxylation is 3. The van der Waals surface area contributed by atoms with Crippen LogP contribution in [0.25, 0.3) is 11.0 Å². The van der Waals surface area contributed by atoms with E-state index in [9.17, 15) is 0 Å². The van der Waals surface area contributed by atoms with Crippen LogP contribution < -0.4 is 0 Å². The third-order valence-corrected chi connectivity index (χ3v) is 5.34. The second kappa shape index (κ2) is 6.64. The summed E-state index contributed by atoms with van der Waals surface area (Å²) in [6.07, 6.45) is 3.27. The summed E-state index contributed by atoms with van der Waals surface area (Å²) < 4.78 is 8.22. The van der Waals surface area contributed by atoms with Gasteiger partial charge in [0.25, 0.3) is 0 Å². The number of hydrogen-bond donors (Lipinski definition) is 0. The van der Waals surface area contributed by atoms with Crippen molar-refractivity contribution in [3.8, 4) is 0 Å². The molecular formula is C20H26N4O. The minimum atomic E-state index is 0.534. The Kier molecular flexibility index (Phi) is 4.34. The monoisotopic (exact) mass is 338 g/mol. The van der Waals surface area contributed by atoms with Gasteiger partial charge in [-0.25, -0.2) is 9.97 Å². The molecule has 4 rings (SSSR count). The number of para-hydroxylation sites is 2. The Morgan fingerprint density at radius 3 is 2.56 bits per heavy atom. The molecule has 5 nitrogen and oxygen atoms in total. The zero-order chi connectivity index (χ0) is 17.4. The minimum Gasteiger partial charge on any atom is -0.444 e. The van der Waals surface area contributed by atoms with E-state index in [4.69, 9.17) is 9.40 Å². The van der Waals surface area contributed by atoms with Gasteiger partial charge in [0.2, 0.25) is 5.89 Å². The molecule has 0 amide bonds. The van der Waals surface area contributed by atoms with Gasteiger partial charge >= 0.3 is 0 Å². The van der Waals surface area contributed by atoms with E-state index < -0.39 is 0 Å². The van der Waals surface area contributed by atoms with Crippen molar-refractivity contribution < 1.29 is 4.42 Å². The fourth-order valence-electron chi connectivity index (χ4n) is 3.88. The molecule has 0 bridgehead atoms. The van der Waals surface area contributed by atoms with Crippen LogP contribution in [0.15, 0.2) is 28.7 Å². The summed E-state index contributed by atoms with van der Waals surface area (Å²) in [4.78, 5) is 11.8. The summed E-state index contributed by atoms with van der Waals surface area (Å²) in [5.74, 6) is 2.98. The molecule has 0 atom stereocenters. The normalized spacial score (nSPS) is 16.8. The van der Waals surface area contributed by atoms with Crippen LogP contribution in [0.4, 0.5) is 0 Å². The second-order valence-corrected chi connectivity index (χ2v) is 7.00. The van der Waals surface area contributed by atoms with Crippen molar-refractivity contribution in [1.29, 1.82) is 0 Å². The van der Waals surface area contributed by atoms with Crippen LogP contribution in [0.3, 0.4) is 0 Å². The molecule has 1 saturated heterocycles. The van der Waals surface area contributed by atoms with E-state index in [1.54, 1.807) is 0 Å². The molecule has 2 aromatic heterocycles. The molecular weight excluding hydrogens is 312 g/mol. The van der Waals surface area contributed by atoms with E-state index in [0.717, 1.165) is 61.8 Å². The lowest BCUT2D eigenvalue weighted by Gasteiger charge is -2.32. The van der Waals surface area contributed by atoms with Crippen molar-refractivity contribution in [3.05, 3.63) is 47.4 Å². The Labute approximate surface area is 148 Å². The Hall–Kier alpha value is -2.14. The van der Waals surface area contributed by atoms with Gasteiger partial charge in [-0.2, -0.15) is 0 Å². The van der Waals surface area contributed by atoms with Crippen LogP contribution in [-0.2, 0) is 13.0 Å². The molecule has 1 aliphatic rings. The van der Waals surface area contributed by atoms with Crippen molar-refractivity contribution >= 4 is 11.0 Å². The maximum absolute atomic E-state index is 5.74. The number of imidazole rings is 1. The maximum atomic E-state index is 5.74. The molecule has 5 heteroatoms. The first-order valence-electron chi connectivity index (χ1n) is 9.26. The number of fused-ring (bicyclic) bond motifs is 1. The quantitative estimate of drug-likeness (QED) is 0.720. The van der Waals surface area contributed by atoms with Gasteiger partial charge in [-0.05, 0) is 38.8 Å². The van der Waals surface area contributed by atoms with Crippen molar-refractivity contribution in [1.82, 2.24) is 19.4 Å². The van der Waals surface area contributed by atoms with Gasteiger partial charge in [0.1, 0.15) is 11.6 Å². The van der Waals surface area contributed by atoms with E-state index in [0.29, 0.717) is 6.04 Å². The summed E-state index contributed by atoms with van der Waals surface area (Å²) in [6, 6.07) is 9.04. The van der Waals surface area contributed by atoms with E-state index in [-0.39, 0.29) is 0 Å². The van der Waals surface area contributed by atoms with Gasteiger partial charge in [-0.15, -0.1) is 0 Å². The van der Waals surface area contributed by atoms with Crippen LogP contribution in [0, 0.1) is 13.8 Å². The van der Waals surface area contributed by atoms with Crippen LogP contribution in [0.2, 0.25) is 0 Å². The Bertz CT molecular complexity index is 852. The lowest BCUT2D eigenvalue weighted by atomic mass is 10.0. The molecule has 0 N–H and O–H groups in total. The smallest absolute Gasteiger partial charge is 0.208 e. The molecule has 1 aromatic carbocycles. The first kappa shape index (κ1) is 16.3. The molecule has 1 fully saturated rings. The average molecular weight is 338 g/mol. The lowest BCUT2D eigenvalue weighted by molar-refractivity contribution is 0.166. The van der Waals surface area contributed by atoms with Gasteiger partial charge < -0.3 is 8.98 Å². The molecule has 3 aromatic rings. The molecule has 0 unspecified atom stereocenters. The number of hydrogen-bond acceptors (Lipinski definition) is 4. The van der Waals surface area contributed by atoms with E-state index in [1.165, 1.54) is 11.3 Å². The summed E-state index contributed by atoms with van der Waals surface area (Å²) in [5, 5.41) is 0. The third kappa shape index (κ3) is 3.09. The first-order chi connectivity index (χ1) is 12.2. The number of piperidine rings is 1. The first-order valence-corrected chi connectivity index (χ1v) is 9.26. The Morgan fingerprint density at radius 1 is 1.12 bits per heavy atom. The molecule has 25 heavy (non-hydrogen) atoms. The van der Waals surface area contributed by atoms with Crippen molar-refractivity contribution in [2.45, 2.75) is 52.6 Å². The predicted molar refractivity (Wildman–Crippen MR) is 98.6 cm³/mol. The number of aromatic nitrogens is 3. The van der Waals surface area contributed by atoms with Crippen LogP contribution >= 0.6 is 0 Å². The fraction of sp³-hybridized carbons (Fsp3) is 0.500. The highest BCUT2D eigenvalue weighted by Crippen LogP contribution is 2.29. The topological polar surface area (TPSA) is 47.1 Å². The molecule has 132 valence electrons. The Balaban J connectivity index is 1.48. The van der Waals surface area contributed by atoms with Crippen LogP contribution in [0.1, 0.15) is 49.0 Å². The number of benzene rings is 1. The van der Waals surface area contributed by atoms with Crippen molar-refractivity contribution in [2.75, 3.05) is 13.1 Å². The highest BCUT2D eigenvalue weighted by atomic mass is 16.4. The number of likely N-dealkylation sites (tertiary alicyclic amines) is 1. The lowest BCUT2D eigenvalue weighted by Crippen LogP contribution is -2.34. The fourth-order valence-corrected chi connectivity index (χ4v) is 3.88. The summed E-state index contributed by atoms with van der Waals surface area (Å²) in [7, 11) is 0. The van der Waals surface area contributed by atoms with Gasteiger partial charge in [0.15, 0.2) is 0 Å². The standard InChI is InChI=1S/C20H26N4O/c1-4-19-22-17-7-5-6-8-18(17)24(19)16-9-11-23(12-10-16)13-20-21-14(2)15(3)25-20/h5-8,16H,4,9-13H2,1-3H3. The molecule has 0 spiro atoms. The number of rotatable bonds is 4. The van der Waals surface area contributed by atoms with Crippen LogP contribution in [0.5, 0.6) is 0 Å². The van der Waals surface area contributed by atoms with Crippen molar-refractivity contribution in [2.24, 2.45) is 0 Å². The Morgan fingerprint density at radius 2 is 1.88 bits per heavy atom. The third-order valence-electron chi connectivity index (χ3n) is 5.34. The molecule has 0 aliphatic carbocycles. The van der Waals surface area contributed by atoms with Gasteiger partial charge in [-0.3, -0.25) is 4.90 Å². The zero-order valence-electron chi connectivity index (χ0n) is 15.3. The van der Waals surface area contributed by atoms with Crippen molar-refractivity contribution in [3.63, 3.8) is 0 Å². The maximum Gasteiger partial charge on any atom is 0.208 e. The summed E-state index contributed by atoms with van der Waals surface area (Å²) in [6.45, 7) is 9.13.